The van der Waals surface area contributed by atoms with E-state index in [9.17, 15) is 0 Å². The Morgan fingerprint density at radius 1 is 1.11 bits per heavy atom. The average molecular weight is 252 g/mol. The van der Waals surface area contributed by atoms with E-state index in [1.807, 2.05) is 30.3 Å². The van der Waals surface area contributed by atoms with Crippen LogP contribution in [0.5, 0.6) is 5.88 Å². The van der Waals surface area contributed by atoms with Crippen LogP contribution in [0, 0.1) is 0 Å². The molecule has 0 unspecified atom stereocenters. The Morgan fingerprint density at radius 3 is 2.89 bits per heavy atom. The van der Waals surface area contributed by atoms with E-state index in [0.717, 1.165) is 16.6 Å². The predicted molar refractivity (Wildman–Crippen MR) is 73.6 cm³/mol. The Kier molecular flexibility index (Phi) is 2.94. The number of hydrogen-bond donors (Lipinski definition) is 1. The minimum atomic E-state index is 0.547. The van der Waals surface area contributed by atoms with Gasteiger partial charge >= 0.3 is 0 Å². The highest BCUT2D eigenvalue weighted by molar-refractivity contribution is 5.78. The predicted octanol–water partition coefficient (Wildman–Crippen LogP) is 2.78. The van der Waals surface area contributed by atoms with Crippen LogP contribution in [0.25, 0.3) is 10.9 Å². The van der Waals surface area contributed by atoms with Gasteiger partial charge in [-0.25, -0.2) is 15.0 Å². The SMILES string of the molecule is COc1cc(Nc2ncc3ccccc3n2)ccn1. The summed E-state index contributed by atoms with van der Waals surface area (Å²) < 4.78 is 5.07. The Bertz CT molecular complexity index is 714. The van der Waals surface area contributed by atoms with E-state index in [-0.39, 0.29) is 0 Å². The van der Waals surface area contributed by atoms with Crippen molar-refractivity contribution < 1.29 is 4.74 Å². The molecule has 0 aliphatic heterocycles. The Labute approximate surface area is 110 Å². The Balaban J connectivity index is 1.92. The largest absolute Gasteiger partial charge is 0.481 e. The van der Waals surface area contributed by atoms with Crippen molar-refractivity contribution in [3.63, 3.8) is 0 Å². The van der Waals surface area contributed by atoms with Crippen molar-refractivity contribution in [2.75, 3.05) is 12.4 Å². The number of benzene rings is 1. The van der Waals surface area contributed by atoms with E-state index in [2.05, 4.69) is 20.3 Å². The van der Waals surface area contributed by atoms with Gasteiger partial charge in [-0.3, -0.25) is 0 Å². The lowest BCUT2D eigenvalue weighted by atomic mass is 10.2. The number of nitrogens with one attached hydrogen (secondary N) is 1. The summed E-state index contributed by atoms with van der Waals surface area (Å²) in [4.78, 5) is 12.8. The number of rotatable bonds is 3. The average Bonchev–Trinajstić information content (AvgIpc) is 2.47. The van der Waals surface area contributed by atoms with Crippen LogP contribution in [0.4, 0.5) is 11.6 Å². The molecule has 94 valence electrons. The third-order valence-corrected chi connectivity index (χ3v) is 2.69. The van der Waals surface area contributed by atoms with Crippen molar-refractivity contribution >= 4 is 22.5 Å². The monoisotopic (exact) mass is 252 g/mol. The van der Waals surface area contributed by atoms with Crippen LogP contribution in [0.1, 0.15) is 0 Å². The molecule has 5 nitrogen and oxygen atoms in total. The number of fused-ring (bicyclic) bond motifs is 1. The zero-order valence-corrected chi connectivity index (χ0v) is 10.4. The van der Waals surface area contributed by atoms with Crippen LogP contribution in [-0.2, 0) is 0 Å². The number of anilines is 2. The lowest BCUT2D eigenvalue weighted by molar-refractivity contribution is 0.398. The number of hydrogen-bond acceptors (Lipinski definition) is 5. The molecule has 0 spiro atoms. The van der Waals surface area contributed by atoms with E-state index in [1.165, 1.54) is 0 Å². The molecule has 0 bridgehead atoms. The van der Waals surface area contributed by atoms with Crippen molar-refractivity contribution in [2.24, 2.45) is 0 Å². The van der Waals surface area contributed by atoms with Gasteiger partial charge in [-0.05, 0) is 12.1 Å². The van der Waals surface area contributed by atoms with Crippen LogP contribution in [0.15, 0.2) is 48.8 Å². The minimum Gasteiger partial charge on any atom is -0.481 e. The summed E-state index contributed by atoms with van der Waals surface area (Å²) in [6.07, 6.45) is 3.46. The lowest BCUT2D eigenvalue weighted by Gasteiger charge is -2.06. The molecule has 2 aromatic heterocycles. The van der Waals surface area contributed by atoms with Crippen molar-refractivity contribution in [2.45, 2.75) is 0 Å². The van der Waals surface area contributed by atoms with Crippen LogP contribution in [0.3, 0.4) is 0 Å². The molecule has 19 heavy (non-hydrogen) atoms. The molecule has 0 aliphatic carbocycles. The molecule has 3 aromatic rings. The zero-order chi connectivity index (χ0) is 13.1. The maximum atomic E-state index is 5.07. The zero-order valence-electron chi connectivity index (χ0n) is 10.4. The molecule has 0 radical (unpaired) electrons. The van der Waals surface area contributed by atoms with E-state index in [0.29, 0.717) is 11.8 Å². The molecule has 0 amide bonds. The van der Waals surface area contributed by atoms with Gasteiger partial charge in [0.1, 0.15) is 0 Å². The van der Waals surface area contributed by atoms with Gasteiger partial charge in [-0.15, -0.1) is 0 Å². The lowest BCUT2D eigenvalue weighted by Crippen LogP contribution is -1.98. The summed E-state index contributed by atoms with van der Waals surface area (Å²) >= 11 is 0. The quantitative estimate of drug-likeness (QED) is 0.776. The van der Waals surface area contributed by atoms with Gasteiger partial charge in [0.15, 0.2) is 0 Å². The fourth-order valence-electron chi connectivity index (χ4n) is 1.76. The van der Waals surface area contributed by atoms with Crippen molar-refractivity contribution in [1.82, 2.24) is 15.0 Å². The molecule has 0 fully saturated rings. The summed E-state index contributed by atoms with van der Waals surface area (Å²) in [6, 6.07) is 11.5. The summed E-state index contributed by atoms with van der Waals surface area (Å²) in [6.45, 7) is 0. The summed E-state index contributed by atoms with van der Waals surface area (Å²) in [7, 11) is 1.58. The van der Waals surface area contributed by atoms with Crippen LogP contribution in [-0.4, -0.2) is 22.1 Å². The molecule has 5 heteroatoms. The number of methoxy groups -OCH3 is 1. The van der Waals surface area contributed by atoms with Crippen molar-refractivity contribution in [3.05, 3.63) is 48.8 Å². The second-order valence-electron chi connectivity index (χ2n) is 3.96. The number of para-hydroxylation sites is 1. The highest BCUT2D eigenvalue weighted by atomic mass is 16.5. The number of aromatic nitrogens is 3. The van der Waals surface area contributed by atoms with E-state index >= 15 is 0 Å². The Morgan fingerprint density at radius 2 is 2.00 bits per heavy atom. The number of ether oxygens (including phenoxy) is 1. The van der Waals surface area contributed by atoms with Gasteiger partial charge in [-0.1, -0.05) is 18.2 Å². The third kappa shape index (κ3) is 2.44. The molecule has 0 saturated carbocycles. The normalized spacial score (nSPS) is 10.4. The molecular weight excluding hydrogens is 240 g/mol. The smallest absolute Gasteiger partial charge is 0.227 e. The molecule has 0 atom stereocenters. The molecule has 3 rings (SSSR count). The summed E-state index contributed by atoms with van der Waals surface area (Å²) in [5.74, 6) is 1.10. The molecule has 1 N–H and O–H groups in total. The van der Waals surface area contributed by atoms with Gasteiger partial charge in [0.05, 0.1) is 12.6 Å². The summed E-state index contributed by atoms with van der Waals surface area (Å²) in [5, 5.41) is 4.14. The second-order valence-corrected chi connectivity index (χ2v) is 3.96. The maximum absolute atomic E-state index is 5.07. The summed E-state index contributed by atoms with van der Waals surface area (Å²) in [5.41, 5.74) is 1.74. The van der Waals surface area contributed by atoms with Gasteiger partial charge < -0.3 is 10.1 Å². The highest BCUT2D eigenvalue weighted by Crippen LogP contribution is 2.18. The second kappa shape index (κ2) is 4.89. The first kappa shape index (κ1) is 11.4. The highest BCUT2D eigenvalue weighted by Gasteiger charge is 2.01. The van der Waals surface area contributed by atoms with E-state index in [4.69, 9.17) is 4.74 Å². The number of nitrogens with zero attached hydrogens (tertiary/aromatic N) is 3. The Hall–Kier alpha value is -2.69. The van der Waals surface area contributed by atoms with Crippen molar-refractivity contribution in [3.8, 4) is 5.88 Å². The first-order valence-corrected chi connectivity index (χ1v) is 5.84. The van der Waals surface area contributed by atoms with Gasteiger partial charge in [0.2, 0.25) is 11.8 Å². The molecule has 1 aromatic carbocycles. The van der Waals surface area contributed by atoms with E-state index in [1.54, 1.807) is 25.6 Å². The molecule has 2 heterocycles. The van der Waals surface area contributed by atoms with Crippen LogP contribution >= 0.6 is 0 Å². The first-order valence-electron chi connectivity index (χ1n) is 5.84. The fraction of sp³-hybridized carbons (Fsp3) is 0.0714. The molecule has 0 saturated heterocycles. The van der Waals surface area contributed by atoms with Crippen LogP contribution < -0.4 is 10.1 Å². The maximum Gasteiger partial charge on any atom is 0.227 e. The molecular formula is C14H12N4O. The number of pyridine rings is 1. The van der Waals surface area contributed by atoms with Gasteiger partial charge in [0.25, 0.3) is 0 Å². The first-order chi connectivity index (χ1) is 9.35. The fourth-order valence-corrected chi connectivity index (χ4v) is 1.76. The van der Waals surface area contributed by atoms with Gasteiger partial charge in [-0.2, -0.15) is 0 Å². The van der Waals surface area contributed by atoms with Gasteiger partial charge in [0, 0.05) is 29.5 Å². The topological polar surface area (TPSA) is 59.9 Å². The minimum absolute atomic E-state index is 0.547. The van der Waals surface area contributed by atoms with E-state index < -0.39 is 0 Å². The standard InChI is InChI=1S/C14H12N4O/c1-19-13-8-11(6-7-15-13)17-14-16-9-10-4-2-3-5-12(10)18-14/h2-9H,1H3,(H,15,16,17,18). The third-order valence-electron chi connectivity index (χ3n) is 2.69. The van der Waals surface area contributed by atoms with Crippen LogP contribution in [0.2, 0.25) is 0 Å². The van der Waals surface area contributed by atoms with Crippen molar-refractivity contribution in [1.29, 1.82) is 0 Å². The molecule has 0 aliphatic rings.